The quantitative estimate of drug-likeness (QED) is 0.355. The van der Waals surface area contributed by atoms with Crippen molar-refractivity contribution in [2.45, 2.75) is 6.54 Å². The summed E-state index contributed by atoms with van der Waals surface area (Å²) < 4.78 is 12.5. The number of carbonyl (C=O) groups is 1. The number of aliphatic hydroxyl groups excluding tert-OH is 1. The van der Waals surface area contributed by atoms with E-state index in [9.17, 15) is 9.18 Å². The molecule has 0 spiro atoms. The molecule has 0 aliphatic rings. The Morgan fingerprint density at radius 1 is 1.40 bits per heavy atom. The normalized spacial score (nSPS) is 11.9. The summed E-state index contributed by atoms with van der Waals surface area (Å²) in [5.74, 6) is -0.299. The molecule has 0 aliphatic carbocycles. The van der Waals surface area contributed by atoms with Gasteiger partial charge in [-0.25, -0.2) is 4.39 Å². The Hall–Kier alpha value is -1.97. The monoisotopic (exact) mass is 207 g/mol. The fraction of sp³-hybridized carbons (Fsp3) is 0.0909. The third-order valence-corrected chi connectivity index (χ3v) is 1.71. The fourth-order valence-electron chi connectivity index (χ4n) is 0.940. The molecule has 78 valence electrons. The highest BCUT2D eigenvalue weighted by Gasteiger charge is 1.92. The Kier molecular flexibility index (Phi) is 4.22. The van der Waals surface area contributed by atoms with Crippen LogP contribution < -0.4 is 0 Å². The molecule has 0 bridgehead atoms. The largest absolute Gasteiger partial charge is 0.515 e. The molecule has 0 atom stereocenters. The van der Waals surface area contributed by atoms with Crippen LogP contribution in [-0.2, 0) is 11.3 Å². The number of nitrogens with zero attached hydrogens (tertiary/aromatic N) is 1. The number of allylic oxidation sites excluding steroid dienone is 1. The van der Waals surface area contributed by atoms with Crippen molar-refractivity contribution >= 4 is 12.5 Å². The number of halogens is 1. The molecule has 0 amide bonds. The minimum Gasteiger partial charge on any atom is -0.515 e. The van der Waals surface area contributed by atoms with Crippen LogP contribution in [0.15, 0.2) is 41.1 Å². The molecule has 0 fully saturated rings. The molecule has 1 N–H and O–H groups in total. The number of rotatable bonds is 4. The molecular formula is C11H10FNO2. The molecule has 1 rings (SSSR count). The van der Waals surface area contributed by atoms with Crippen LogP contribution >= 0.6 is 0 Å². The SMILES string of the molecule is O=C/C(C=NCc1ccc(F)cc1)=C\O. The summed E-state index contributed by atoms with van der Waals surface area (Å²) in [6.07, 6.45) is 2.44. The zero-order valence-electron chi connectivity index (χ0n) is 7.93. The zero-order valence-corrected chi connectivity index (χ0v) is 7.93. The summed E-state index contributed by atoms with van der Waals surface area (Å²) in [5, 5.41) is 8.53. The fourth-order valence-corrected chi connectivity index (χ4v) is 0.940. The lowest BCUT2D eigenvalue weighted by Crippen LogP contribution is -1.88. The predicted molar refractivity (Wildman–Crippen MR) is 55.4 cm³/mol. The average molecular weight is 207 g/mol. The zero-order chi connectivity index (χ0) is 11.1. The van der Waals surface area contributed by atoms with Gasteiger partial charge >= 0.3 is 0 Å². The van der Waals surface area contributed by atoms with E-state index >= 15 is 0 Å². The van der Waals surface area contributed by atoms with Crippen LogP contribution in [0.25, 0.3) is 0 Å². The van der Waals surface area contributed by atoms with Gasteiger partial charge in [-0.3, -0.25) is 9.79 Å². The average Bonchev–Trinajstić information content (AvgIpc) is 2.27. The standard InChI is InChI=1S/C11H10FNO2/c12-11-3-1-9(2-4-11)5-13-6-10(7-14)8-15/h1-4,6-8,14H,5H2/b10-7-,13-6?. The summed E-state index contributed by atoms with van der Waals surface area (Å²) in [7, 11) is 0. The molecule has 15 heavy (non-hydrogen) atoms. The Labute approximate surface area is 86.6 Å². The maximum Gasteiger partial charge on any atom is 0.154 e. The van der Waals surface area contributed by atoms with E-state index < -0.39 is 0 Å². The first-order valence-electron chi connectivity index (χ1n) is 4.30. The van der Waals surface area contributed by atoms with Crippen LogP contribution in [0, 0.1) is 5.82 Å². The lowest BCUT2D eigenvalue weighted by atomic mass is 10.2. The van der Waals surface area contributed by atoms with Crippen LogP contribution in [0.4, 0.5) is 4.39 Å². The van der Waals surface area contributed by atoms with E-state index in [0.29, 0.717) is 19.1 Å². The van der Waals surface area contributed by atoms with Crippen molar-refractivity contribution in [1.29, 1.82) is 0 Å². The summed E-state index contributed by atoms with van der Waals surface area (Å²) >= 11 is 0. The van der Waals surface area contributed by atoms with Gasteiger partial charge in [0, 0.05) is 6.21 Å². The van der Waals surface area contributed by atoms with E-state index in [4.69, 9.17) is 5.11 Å². The molecule has 0 aromatic heterocycles. The van der Waals surface area contributed by atoms with Crippen LogP contribution in [-0.4, -0.2) is 17.6 Å². The molecule has 1 aromatic carbocycles. The van der Waals surface area contributed by atoms with Gasteiger partial charge in [0.05, 0.1) is 18.4 Å². The molecule has 0 saturated heterocycles. The summed E-state index contributed by atoms with van der Waals surface area (Å²) in [5.41, 5.74) is 0.924. The third kappa shape index (κ3) is 3.72. The molecule has 3 nitrogen and oxygen atoms in total. The van der Waals surface area contributed by atoms with E-state index in [2.05, 4.69) is 4.99 Å². The molecule has 0 heterocycles. The van der Waals surface area contributed by atoms with Crippen molar-refractivity contribution in [3.8, 4) is 0 Å². The Morgan fingerprint density at radius 2 is 2.07 bits per heavy atom. The first-order valence-corrected chi connectivity index (χ1v) is 4.30. The van der Waals surface area contributed by atoms with Crippen molar-refractivity contribution in [3.05, 3.63) is 47.5 Å². The van der Waals surface area contributed by atoms with E-state index in [0.717, 1.165) is 5.56 Å². The van der Waals surface area contributed by atoms with Gasteiger partial charge in [-0.05, 0) is 17.7 Å². The van der Waals surface area contributed by atoms with E-state index in [1.54, 1.807) is 12.1 Å². The molecule has 0 aliphatic heterocycles. The lowest BCUT2D eigenvalue weighted by molar-refractivity contribution is -0.104. The summed E-state index contributed by atoms with van der Waals surface area (Å²) in [6, 6.07) is 5.90. The third-order valence-electron chi connectivity index (χ3n) is 1.71. The van der Waals surface area contributed by atoms with Crippen LogP contribution in [0.2, 0.25) is 0 Å². The van der Waals surface area contributed by atoms with Gasteiger partial charge in [-0.1, -0.05) is 12.1 Å². The van der Waals surface area contributed by atoms with Crippen LogP contribution in [0.5, 0.6) is 0 Å². The second-order valence-electron chi connectivity index (χ2n) is 2.84. The van der Waals surface area contributed by atoms with E-state index in [-0.39, 0.29) is 11.4 Å². The summed E-state index contributed by atoms with van der Waals surface area (Å²) in [4.78, 5) is 14.2. The van der Waals surface area contributed by atoms with Crippen LogP contribution in [0.1, 0.15) is 5.56 Å². The van der Waals surface area contributed by atoms with Gasteiger partial charge in [0.1, 0.15) is 5.82 Å². The van der Waals surface area contributed by atoms with Gasteiger partial charge in [-0.2, -0.15) is 0 Å². The molecular weight excluding hydrogens is 197 g/mol. The predicted octanol–water partition coefficient (Wildman–Crippen LogP) is 2.04. The van der Waals surface area contributed by atoms with Gasteiger partial charge in [0.15, 0.2) is 6.29 Å². The number of aliphatic hydroxyl groups is 1. The van der Waals surface area contributed by atoms with E-state index in [1.165, 1.54) is 18.3 Å². The first kappa shape index (κ1) is 11.1. The van der Waals surface area contributed by atoms with Gasteiger partial charge < -0.3 is 5.11 Å². The van der Waals surface area contributed by atoms with Crippen LogP contribution in [0.3, 0.4) is 0 Å². The van der Waals surface area contributed by atoms with Gasteiger partial charge in [0.2, 0.25) is 0 Å². The number of hydrogen-bond acceptors (Lipinski definition) is 3. The van der Waals surface area contributed by atoms with E-state index in [1.807, 2.05) is 0 Å². The number of hydrogen-bond donors (Lipinski definition) is 1. The highest BCUT2D eigenvalue weighted by molar-refractivity contribution is 6.01. The number of benzene rings is 1. The Balaban J connectivity index is 2.57. The molecule has 1 aromatic rings. The maximum absolute atomic E-state index is 12.5. The second-order valence-corrected chi connectivity index (χ2v) is 2.84. The number of aliphatic imine (C=N–C) groups is 1. The second kappa shape index (κ2) is 5.70. The van der Waals surface area contributed by atoms with Crippen molar-refractivity contribution < 1.29 is 14.3 Å². The van der Waals surface area contributed by atoms with Gasteiger partial charge in [0.25, 0.3) is 0 Å². The van der Waals surface area contributed by atoms with Gasteiger partial charge in [-0.15, -0.1) is 0 Å². The molecule has 0 radical (unpaired) electrons. The van der Waals surface area contributed by atoms with Crippen molar-refractivity contribution in [2.24, 2.45) is 4.99 Å². The molecule has 4 heteroatoms. The first-order chi connectivity index (χ1) is 7.26. The van der Waals surface area contributed by atoms with Crippen molar-refractivity contribution in [3.63, 3.8) is 0 Å². The maximum atomic E-state index is 12.5. The minimum atomic E-state index is -0.299. The topological polar surface area (TPSA) is 49.7 Å². The molecule has 0 saturated carbocycles. The Morgan fingerprint density at radius 3 is 2.60 bits per heavy atom. The Bertz CT molecular complexity index is 382. The highest BCUT2D eigenvalue weighted by atomic mass is 19.1. The smallest absolute Gasteiger partial charge is 0.154 e. The lowest BCUT2D eigenvalue weighted by Gasteiger charge is -1.95. The number of carbonyl (C=O) groups excluding carboxylic acids is 1. The molecule has 0 unspecified atom stereocenters. The number of aldehydes is 1. The highest BCUT2D eigenvalue weighted by Crippen LogP contribution is 2.03. The minimum absolute atomic E-state index is 0.0945. The van der Waals surface area contributed by atoms with Crippen molar-refractivity contribution in [1.82, 2.24) is 0 Å². The summed E-state index contributed by atoms with van der Waals surface area (Å²) in [6.45, 7) is 0.339. The van der Waals surface area contributed by atoms with Crippen molar-refractivity contribution in [2.75, 3.05) is 0 Å².